The molecule has 4 heteroatoms. The van der Waals surface area contributed by atoms with Crippen LogP contribution in [0.25, 0.3) is 0 Å². The van der Waals surface area contributed by atoms with E-state index in [2.05, 4.69) is 29.1 Å². The van der Waals surface area contributed by atoms with Crippen molar-refractivity contribution in [2.24, 2.45) is 11.1 Å². The number of hydrogen-bond donors (Lipinski definition) is 2. The molecule has 18 heavy (non-hydrogen) atoms. The van der Waals surface area contributed by atoms with Crippen LogP contribution in [0.15, 0.2) is 12.4 Å². The molecule has 3 N–H and O–H groups in total. The predicted octanol–water partition coefficient (Wildman–Crippen LogP) is 2.53. The highest BCUT2D eigenvalue weighted by molar-refractivity contribution is 5.26. The van der Waals surface area contributed by atoms with Crippen molar-refractivity contribution in [2.75, 3.05) is 18.4 Å². The van der Waals surface area contributed by atoms with E-state index in [9.17, 15) is 0 Å². The fourth-order valence-corrected chi connectivity index (χ4v) is 2.29. The molecule has 1 heterocycles. The van der Waals surface area contributed by atoms with Crippen molar-refractivity contribution in [2.45, 2.75) is 45.4 Å². The Morgan fingerprint density at radius 1 is 1.28 bits per heavy atom. The summed E-state index contributed by atoms with van der Waals surface area (Å²) in [5, 5.41) is 3.25. The van der Waals surface area contributed by atoms with E-state index in [4.69, 9.17) is 5.73 Å². The molecule has 1 aromatic rings. The van der Waals surface area contributed by atoms with Crippen molar-refractivity contribution in [3.63, 3.8) is 0 Å². The summed E-state index contributed by atoms with van der Waals surface area (Å²) >= 11 is 0. The van der Waals surface area contributed by atoms with Crippen molar-refractivity contribution < 1.29 is 0 Å². The lowest BCUT2D eigenvalue weighted by molar-refractivity contribution is 0.404. The van der Waals surface area contributed by atoms with Gasteiger partial charge in [0.05, 0.1) is 0 Å². The zero-order chi connectivity index (χ0) is 13.0. The van der Waals surface area contributed by atoms with E-state index in [-0.39, 0.29) is 5.41 Å². The van der Waals surface area contributed by atoms with Crippen molar-refractivity contribution in [1.29, 1.82) is 0 Å². The lowest BCUT2D eigenvalue weighted by atomic mass is 9.94. The van der Waals surface area contributed by atoms with Gasteiger partial charge in [-0.15, -0.1) is 0 Å². The first-order chi connectivity index (χ1) is 8.61. The summed E-state index contributed by atoms with van der Waals surface area (Å²) in [5.74, 6) is 1.39. The molecule has 0 unspecified atom stereocenters. The largest absolute Gasteiger partial charge is 0.354 e. The van der Waals surface area contributed by atoms with Crippen LogP contribution in [0.5, 0.6) is 0 Å². The van der Waals surface area contributed by atoms with Gasteiger partial charge in [0.15, 0.2) is 0 Å². The summed E-state index contributed by atoms with van der Waals surface area (Å²) in [6.45, 7) is 5.71. The maximum atomic E-state index is 5.70. The van der Waals surface area contributed by atoms with Gasteiger partial charge in [0.25, 0.3) is 0 Å². The molecule has 0 aliphatic heterocycles. The first-order valence-corrected chi connectivity index (χ1v) is 6.87. The second-order valence-electron chi connectivity index (χ2n) is 6.04. The Bertz CT molecular complexity index is 366. The highest BCUT2D eigenvalue weighted by atomic mass is 15.1. The van der Waals surface area contributed by atoms with Crippen LogP contribution in [-0.2, 0) is 0 Å². The van der Waals surface area contributed by atoms with E-state index < -0.39 is 0 Å². The Morgan fingerprint density at radius 2 is 1.89 bits per heavy atom. The van der Waals surface area contributed by atoms with Gasteiger partial charge < -0.3 is 11.1 Å². The zero-order valence-electron chi connectivity index (χ0n) is 11.4. The maximum Gasteiger partial charge on any atom is 0.222 e. The number of nitrogens with zero attached hydrogens (tertiary/aromatic N) is 2. The molecule has 0 atom stereocenters. The van der Waals surface area contributed by atoms with E-state index in [0.29, 0.717) is 18.4 Å². The third kappa shape index (κ3) is 3.42. The topological polar surface area (TPSA) is 63.8 Å². The standard InChI is InChI=1S/C14H24N4/c1-14(2,9-15)10-18-13-16-7-12(8-17-13)11-5-3-4-6-11/h7-8,11H,3-6,9-10,15H2,1-2H3,(H,16,17,18). The molecule has 1 aliphatic rings. The smallest absolute Gasteiger partial charge is 0.222 e. The first-order valence-electron chi connectivity index (χ1n) is 6.87. The van der Waals surface area contributed by atoms with Crippen LogP contribution in [-0.4, -0.2) is 23.1 Å². The Hall–Kier alpha value is -1.16. The van der Waals surface area contributed by atoms with Crippen LogP contribution in [0.1, 0.15) is 51.0 Å². The molecule has 100 valence electrons. The first kappa shape index (κ1) is 13.3. The third-order valence-electron chi connectivity index (χ3n) is 3.78. The minimum absolute atomic E-state index is 0.0769. The number of rotatable bonds is 5. The Balaban J connectivity index is 1.91. The Labute approximate surface area is 109 Å². The summed E-state index contributed by atoms with van der Waals surface area (Å²) in [7, 11) is 0. The number of aromatic nitrogens is 2. The van der Waals surface area contributed by atoms with Gasteiger partial charge in [-0.3, -0.25) is 0 Å². The lowest BCUT2D eigenvalue weighted by Gasteiger charge is -2.22. The SMILES string of the molecule is CC(C)(CN)CNc1ncc(C2CCCC2)cn1. The van der Waals surface area contributed by atoms with Gasteiger partial charge in [-0.25, -0.2) is 9.97 Å². The molecule has 0 spiro atoms. The quantitative estimate of drug-likeness (QED) is 0.840. The lowest BCUT2D eigenvalue weighted by Crippen LogP contribution is -2.31. The third-order valence-corrected chi connectivity index (χ3v) is 3.78. The molecule has 0 saturated heterocycles. The minimum atomic E-state index is 0.0769. The molecule has 1 aromatic heterocycles. The highest BCUT2D eigenvalue weighted by Gasteiger charge is 2.18. The van der Waals surface area contributed by atoms with E-state index >= 15 is 0 Å². The highest BCUT2D eigenvalue weighted by Crippen LogP contribution is 2.33. The minimum Gasteiger partial charge on any atom is -0.354 e. The maximum absolute atomic E-state index is 5.70. The summed E-state index contributed by atoms with van der Waals surface area (Å²) < 4.78 is 0. The monoisotopic (exact) mass is 248 g/mol. The van der Waals surface area contributed by atoms with Crippen molar-refractivity contribution >= 4 is 5.95 Å². The molecule has 0 bridgehead atoms. The summed E-state index contributed by atoms with van der Waals surface area (Å²) in [5.41, 5.74) is 7.06. The van der Waals surface area contributed by atoms with Gasteiger partial charge in [0.2, 0.25) is 5.95 Å². The fourth-order valence-electron chi connectivity index (χ4n) is 2.29. The average Bonchev–Trinajstić information content (AvgIpc) is 2.91. The molecule has 1 fully saturated rings. The zero-order valence-corrected chi connectivity index (χ0v) is 11.4. The number of anilines is 1. The summed E-state index contributed by atoms with van der Waals surface area (Å²) in [6.07, 6.45) is 9.21. The number of nitrogens with one attached hydrogen (secondary N) is 1. The van der Waals surface area contributed by atoms with Crippen molar-refractivity contribution in [3.8, 4) is 0 Å². The molecule has 4 nitrogen and oxygen atoms in total. The molecular weight excluding hydrogens is 224 g/mol. The van der Waals surface area contributed by atoms with Gasteiger partial charge in [-0.05, 0) is 36.3 Å². The second-order valence-corrected chi connectivity index (χ2v) is 6.04. The molecule has 2 rings (SSSR count). The molecule has 0 radical (unpaired) electrons. The summed E-state index contributed by atoms with van der Waals surface area (Å²) in [6, 6.07) is 0. The fraction of sp³-hybridized carbons (Fsp3) is 0.714. The Kier molecular flexibility index (Phi) is 4.17. The molecule has 1 aliphatic carbocycles. The van der Waals surface area contributed by atoms with Crippen LogP contribution in [0, 0.1) is 5.41 Å². The second kappa shape index (κ2) is 5.65. The van der Waals surface area contributed by atoms with Gasteiger partial charge >= 0.3 is 0 Å². The molecule has 0 aromatic carbocycles. The van der Waals surface area contributed by atoms with E-state index in [0.717, 1.165) is 6.54 Å². The van der Waals surface area contributed by atoms with Gasteiger partial charge in [0, 0.05) is 18.9 Å². The van der Waals surface area contributed by atoms with Crippen molar-refractivity contribution in [3.05, 3.63) is 18.0 Å². The number of hydrogen-bond acceptors (Lipinski definition) is 4. The van der Waals surface area contributed by atoms with Crippen LogP contribution in [0.4, 0.5) is 5.95 Å². The molecule has 1 saturated carbocycles. The van der Waals surface area contributed by atoms with Crippen molar-refractivity contribution in [1.82, 2.24) is 9.97 Å². The number of nitrogens with two attached hydrogens (primary N) is 1. The van der Waals surface area contributed by atoms with E-state index in [1.54, 1.807) is 0 Å². The van der Waals surface area contributed by atoms with Gasteiger partial charge in [-0.1, -0.05) is 26.7 Å². The van der Waals surface area contributed by atoms with Crippen LogP contribution in [0.2, 0.25) is 0 Å². The van der Waals surface area contributed by atoms with Gasteiger partial charge in [-0.2, -0.15) is 0 Å². The predicted molar refractivity (Wildman–Crippen MR) is 74.6 cm³/mol. The molecule has 0 amide bonds. The van der Waals surface area contributed by atoms with Gasteiger partial charge in [0.1, 0.15) is 0 Å². The van der Waals surface area contributed by atoms with Crippen LogP contribution >= 0.6 is 0 Å². The normalized spacial score (nSPS) is 17.1. The average molecular weight is 248 g/mol. The van der Waals surface area contributed by atoms with Crippen LogP contribution < -0.4 is 11.1 Å². The molecular formula is C14H24N4. The Morgan fingerprint density at radius 3 is 2.44 bits per heavy atom. The summed E-state index contributed by atoms with van der Waals surface area (Å²) in [4.78, 5) is 8.80. The van der Waals surface area contributed by atoms with E-state index in [1.807, 2.05) is 12.4 Å². The van der Waals surface area contributed by atoms with E-state index in [1.165, 1.54) is 31.2 Å². The van der Waals surface area contributed by atoms with Crippen LogP contribution in [0.3, 0.4) is 0 Å².